The number of oxime groups is 1. The summed E-state index contributed by atoms with van der Waals surface area (Å²) in [6, 6.07) is 0. The van der Waals surface area contributed by atoms with Crippen molar-refractivity contribution in [3.05, 3.63) is 0 Å². The van der Waals surface area contributed by atoms with Crippen molar-refractivity contribution in [2.45, 2.75) is 44.7 Å². The Morgan fingerprint density at radius 1 is 1.53 bits per heavy atom. The quantitative estimate of drug-likeness (QED) is 0.339. The molecule has 0 saturated heterocycles. The molecule has 19 heavy (non-hydrogen) atoms. The van der Waals surface area contributed by atoms with E-state index in [1.54, 1.807) is 17.8 Å². The summed E-state index contributed by atoms with van der Waals surface area (Å²) >= 11 is 1.49. The Labute approximate surface area is 126 Å². The van der Waals surface area contributed by atoms with E-state index >= 15 is 0 Å². The SMILES string of the molecule is CC1=NC(C)(C)SC1=NOC(=O)N(C)SSC(C)C. The predicted octanol–water partition coefficient (Wildman–Crippen LogP) is 4.02. The van der Waals surface area contributed by atoms with E-state index < -0.39 is 6.09 Å². The van der Waals surface area contributed by atoms with Crippen molar-refractivity contribution in [1.82, 2.24) is 4.31 Å². The Morgan fingerprint density at radius 2 is 2.16 bits per heavy atom. The average molecular weight is 321 g/mol. The molecule has 0 radical (unpaired) electrons. The molecule has 0 unspecified atom stereocenters. The monoisotopic (exact) mass is 321 g/mol. The van der Waals surface area contributed by atoms with Gasteiger partial charge in [0.15, 0.2) is 5.04 Å². The molecule has 1 heterocycles. The number of carbonyl (C=O) groups is 1. The van der Waals surface area contributed by atoms with Gasteiger partial charge in [0, 0.05) is 23.3 Å². The van der Waals surface area contributed by atoms with Gasteiger partial charge in [0.05, 0.1) is 5.71 Å². The minimum absolute atomic E-state index is 0.233. The van der Waals surface area contributed by atoms with Gasteiger partial charge >= 0.3 is 6.09 Å². The second-order valence-corrected chi connectivity index (χ2v) is 9.16. The lowest BCUT2D eigenvalue weighted by Gasteiger charge is -2.13. The van der Waals surface area contributed by atoms with E-state index in [-0.39, 0.29) is 4.87 Å². The maximum Gasteiger partial charge on any atom is 0.446 e. The molecule has 0 N–H and O–H groups in total. The van der Waals surface area contributed by atoms with Crippen LogP contribution in [0.1, 0.15) is 34.6 Å². The molecule has 108 valence electrons. The number of hydrogen-bond acceptors (Lipinski definition) is 7. The number of hydrogen-bond donors (Lipinski definition) is 0. The molecular formula is C11H19N3O2S3. The van der Waals surface area contributed by atoms with E-state index in [1.807, 2.05) is 20.8 Å². The number of carbonyl (C=O) groups excluding carboxylic acids is 1. The Kier molecular flexibility index (Phi) is 6.07. The van der Waals surface area contributed by atoms with Crippen LogP contribution in [0, 0.1) is 0 Å². The molecule has 1 rings (SSSR count). The van der Waals surface area contributed by atoms with Crippen LogP contribution < -0.4 is 0 Å². The molecule has 0 saturated carbocycles. The highest BCUT2D eigenvalue weighted by Crippen LogP contribution is 2.34. The van der Waals surface area contributed by atoms with Gasteiger partial charge in [-0.15, -0.1) is 0 Å². The summed E-state index contributed by atoms with van der Waals surface area (Å²) in [5, 5.41) is 4.98. The van der Waals surface area contributed by atoms with Gasteiger partial charge in [-0.1, -0.05) is 41.6 Å². The topological polar surface area (TPSA) is 54.3 Å². The fraction of sp³-hybridized carbons (Fsp3) is 0.727. The highest BCUT2D eigenvalue weighted by atomic mass is 33.1. The van der Waals surface area contributed by atoms with Crippen LogP contribution in [0.5, 0.6) is 0 Å². The van der Waals surface area contributed by atoms with Crippen molar-refractivity contribution in [1.29, 1.82) is 0 Å². The molecular weight excluding hydrogens is 302 g/mol. The second kappa shape index (κ2) is 6.90. The van der Waals surface area contributed by atoms with Crippen LogP contribution in [0.4, 0.5) is 4.79 Å². The normalized spacial score (nSPS) is 19.7. The van der Waals surface area contributed by atoms with Crippen LogP contribution in [-0.4, -0.2) is 38.3 Å². The first-order valence-corrected chi connectivity index (χ1v) is 8.82. The summed E-state index contributed by atoms with van der Waals surface area (Å²) in [5.41, 5.74) is 0.801. The zero-order valence-electron chi connectivity index (χ0n) is 12.0. The Balaban J connectivity index is 2.48. The van der Waals surface area contributed by atoms with E-state index in [1.165, 1.54) is 27.0 Å². The van der Waals surface area contributed by atoms with Crippen molar-refractivity contribution >= 4 is 50.4 Å². The molecule has 0 spiro atoms. The standard InChI is InChI=1S/C11H19N3O2S3/c1-7(2)18-19-14(6)10(15)16-13-9-8(3)12-11(4,5)17-9/h7H,1-6H3. The van der Waals surface area contributed by atoms with Crippen LogP contribution in [0.25, 0.3) is 0 Å². The largest absolute Gasteiger partial charge is 0.446 e. The van der Waals surface area contributed by atoms with E-state index in [2.05, 4.69) is 24.0 Å². The molecule has 1 aliphatic rings. The van der Waals surface area contributed by atoms with E-state index in [4.69, 9.17) is 4.84 Å². The van der Waals surface area contributed by atoms with Crippen molar-refractivity contribution in [3.63, 3.8) is 0 Å². The van der Waals surface area contributed by atoms with E-state index in [0.29, 0.717) is 10.3 Å². The number of aliphatic imine (C=N–C) groups is 1. The summed E-state index contributed by atoms with van der Waals surface area (Å²) < 4.78 is 1.42. The fourth-order valence-corrected chi connectivity index (χ4v) is 3.59. The van der Waals surface area contributed by atoms with Crippen molar-refractivity contribution in [2.75, 3.05) is 7.05 Å². The molecule has 1 amide bonds. The molecule has 0 aromatic carbocycles. The fourth-order valence-electron chi connectivity index (χ4n) is 1.19. The molecule has 1 aliphatic heterocycles. The number of amides is 1. The summed E-state index contributed by atoms with van der Waals surface area (Å²) in [6.07, 6.45) is -0.483. The van der Waals surface area contributed by atoms with Gasteiger partial charge in [0.1, 0.15) is 4.87 Å². The molecule has 0 aromatic rings. The first-order chi connectivity index (χ1) is 8.71. The van der Waals surface area contributed by atoms with E-state index in [9.17, 15) is 4.79 Å². The first kappa shape index (κ1) is 16.7. The maximum absolute atomic E-state index is 11.7. The lowest BCUT2D eigenvalue weighted by Crippen LogP contribution is -2.19. The van der Waals surface area contributed by atoms with Gasteiger partial charge in [0.25, 0.3) is 0 Å². The van der Waals surface area contributed by atoms with Gasteiger partial charge in [-0.2, -0.15) is 0 Å². The lowest BCUT2D eigenvalue weighted by atomic mass is 10.4. The van der Waals surface area contributed by atoms with Crippen molar-refractivity contribution in [2.24, 2.45) is 10.1 Å². The molecule has 0 aromatic heterocycles. The van der Waals surface area contributed by atoms with Gasteiger partial charge < -0.3 is 0 Å². The smallest absolute Gasteiger partial charge is 0.296 e. The third-order valence-corrected chi connectivity index (χ3v) is 5.99. The Bertz CT molecular complexity index is 408. The molecule has 0 atom stereocenters. The number of rotatable bonds is 4. The van der Waals surface area contributed by atoms with Crippen LogP contribution in [0.15, 0.2) is 10.1 Å². The predicted molar refractivity (Wildman–Crippen MR) is 86.8 cm³/mol. The highest BCUT2D eigenvalue weighted by molar-refractivity contribution is 8.76. The minimum atomic E-state index is -0.483. The van der Waals surface area contributed by atoms with Gasteiger partial charge in [0.2, 0.25) is 0 Å². The van der Waals surface area contributed by atoms with Crippen LogP contribution in [-0.2, 0) is 4.84 Å². The molecule has 5 nitrogen and oxygen atoms in total. The maximum atomic E-state index is 11.7. The number of thioether (sulfide) groups is 1. The molecule has 0 fully saturated rings. The second-order valence-electron chi connectivity index (χ2n) is 4.72. The Hall–Kier alpha value is -0.340. The summed E-state index contributed by atoms with van der Waals surface area (Å²) in [6.45, 7) is 9.98. The van der Waals surface area contributed by atoms with Crippen molar-refractivity contribution < 1.29 is 9.63 Å². The minimum Gasteiger partial charge on any atom is -0.296 e. The zero-order valence-corrected chi connectivity index (χ0v) is 14.4. The summed E-state index contributed by atoms with van der Waals surface area (Å²) in [5.74, 6) is 0. The Morgan fingerprint density at radius 3 is 2.63 bits per heavy atom. The van der Waals surface area contributed by atoms with Gasteiger partial charge in [-0.3, -0.25) is 9.83 Å². The van der Waals surface area contributed by atoms with Gasteiger partial charge in [-0.25, -0.2) is 9.10 Å². The van der Waals surface area contributed by atoms with E-state index in [0.717, 1.165) is 5.71 Å². The highest BCUT2D eigenvalue weighted by Gasteiger charge is 2.30. The molecule has 8 heteroatoms. The summed E-state index contributed by atoms with van der Waals surface area (Å²) in [4.78, 5) is 20.8. The molecule has 0 aliphatic carbocycles. The summed E-state index contributed by atoms with van der Waals surface area (Å²) in [7, 11) is 4.60. The van der Waals surface area contributed by atoms with Crippen LogP contribution in [0.3, 0.4) is 0 Å². The van der Waals surface area contributed by atoms with Crippen LogP contribution in [0.2, 0.25) is 0 Å². The van der Waals surface area contributed by atoms with Crippen molar-refractivity contribution in [3.8, 4) is 0 Å². The number of nitrogens with zero attached hydrogens (tertiary/aromatic N) is 3. The van der Waals surface area contributed by atoms with Crippen LogP contribution >= 0.6 is 33.5 Å². The van der Waals surface area contributed by atoms with Gasteiger partial charge in [-0.05, 0) is 20.8 Å². The third-order valence-electron chi connectivity index (χ3n) is 1.90. The third kappa shape index (κ3) is 5.66. The lowest BCUT2D eigenvalue weighted by molar-refractivity contribution is 0.138. The zero-order chi connectivity index (χ0) is 14.6. The molecule has 0 bridgehead atoms. The average Bonchev–Trinajstić information content (AvgIpc) is 2.55. The first-order valence-electron chi connectivity index (χ1n) is 5.83.